The first kappa shape index (κ1) is 13.8. The van der Waals surface area contributed by atoms with Crippen molar-refractivity contribution in [2.45, 2.75) is 25.9 Å². The summed E-state index contributed by atoms with van der Waals surface area (Å²) >= 11 is 0. The average molecular weight is 284 g/mol. The Morgan fingerprint density at radius 1 is 1.10 bits per heavy atom. The highest BCUT2D eigenvalue weighted by Crippen LogP contribution is 2.29. The minimum absolute atomic E-state index is 0.0703. The third kappa shape index (κ3) is 2.67. The largest absolute Gasteiger partial charge is 0.326 e. The summed E-state index contributed by atoms with van der Waals surface area (Å²) in [5, 5.41) is 0. The molecule has 0 aliphatic carbocycles. The zero-order valence-corrected chi connectivity index (χ0v) is 11.7. The molecule has 0 radical (unpaired) electrons. The van der Waals surface area contributed by atoms with E-state index in [9.17, 15) is 9.18 Å². The lowest BCUT2D eigenvalue weighted by atomic mass is 9.99. The van der Waals surface area contributed by atoms with Gasteiger partial charge in [0.05, 0.1) is 6.54 Å². The van der Waals surface area contributed by atoms with Gasteiger partial charge in [-0.1, -0.05) is 24.3 Å². The molecule has 3 rings (SSSR count). The molecule has 108 valence electrons. The van der Waals surface area contributed by atoms with Crippen molar-refractivity contribution in [3.8, 4) is 0 Å². The number of aryl methyl sites for hydroxylation is 1. The van der Waals surface area contributed by atoms with Crippen molar-refractivity contribution in [3.63, 3.8) is 0 Å². The van der Waals surface area contributed by atoms with E-state index in [-0.39, 0.29) is 11.7 Å². The standard InChI is InChI=1S/C17H17FN2O/c18-15-7-5-13(10-19)14(9-15)11-20-16-4-2-1-3-12(16)6-8-17(20)21/h1-5,7,9H,6,8,10-11,19H2. The fourth-order valence-corrected chi connectivity index (χ4v) is 2.78. The van der Waals surface area contributed by atoms with E-state index in [0.717, 1.165) is 28.8 Å². The number of nitrogens with zero attached hydrogens (tertiary/aromatic N) is 1. The first-order valence-electron chi connectivity index (χ1n) is 7.04. The maximum atomic E-state index is 13.5. The van der Waals surface area contributed by atoms with Crippen molar-refractivity contribution >= 4 is 11.6 Å². The van der Waals surface area contributed by atoms with Gasteiger partial charge < -0.3 is 10.6 Å². The molecule has 0 spiro atoms. The highest BCUT2D eigenvalue weighted by molar-refractivity contribution is 5.96. The van der Waals surface area contributed by atoms with Crippen LogP contribution in [0.25, 0.3) is 0 Å². The summed E-state index contributed by atoms with van der Waals surface area (Å²) in [5.41, 5.74) is 9.42. The van der Waals surface area contributed by atoms with Gasteiger partial charge in [0.1, 0.15) is 5.82 Å². The number of amides is 1. The molecule has 0 atom stereocenters. The fraction of sp³-hybridized carbons (Fsp3) is 0.235. The Bertz CT molecular complexity index is 684. The third-order valence-electron chi connectivity index (χ3n) is 3.91. The molecule has 4 heteroatoms. The van der Waals surface area contributed by atoms with Crippen molar-refractivity contribution in [1.82, 2.24) is 0 Å². The minimum Gasteiger partial charge on any atom is -0.326 e. The maximum Gasteiger partial charge on any atom is 0.227 e. The topological polar surface area (TPSA) is 46.3 Å². The molecular weight excluding hydrogens is 267 g/mol. The molecule has 2 N–H and O–H groups in total. The van der Waals surface area contributed by atoms with E-state index in [1.807, 2.05) is 24.3 Å². The van der Waals surface area contributed by atoms with Crippen molar-refractivity contribution in [3.05, 3.63) is 65.0 Å². The number of hydrogen-bond acceptors (Lipinski definition) is 2. The summed E-state index contributed by atoms with van der Waals surface area (Å²) in [5.74, 6) is -0.235. The van der Waals surface area contributed by atoms with Crippen molar-refractivity contribution in [2.75, 3.05) is 4.90 Å². The second-order valence-electron chi connectivity index (χ2n) is 5.23. The lowest BCUT2D eigenvalue weighted by Gasteiger charge is -2.30. The maximum absolute atomic E-state index is 13.5. The molecule has 0 unspecified atom stereocenters. The molecule has 0 saturated carbocycles. The van der Waals surface area contributed by atoms with Gasteiger partial charge in [-0.15, -0.1) is 0 Å². The van der Waals surface area contributed by atoms with Gasteiger partial charge in [-0.3, -0.25) is 4.79 Å². The number of benzene rings is 2. The lowest BCUT2D eigenvalue weighted by Crippen LogP contribution is -2.34. The molecule has 3 nitrogen and oxygen atoms in total. The number of halogens is 1. The van der Waals surface area contributed by atoms with Crippen LogP contribution in [0.2, 0.25) is 0 Å². The van der Waals surface area contributed by atoms with Gasteiger partial charge in [0, 0.05) is 18.7 Å². The summed E-state index contributed by atoms with van der Waals surface area (Å²) in [6.07, 6.45) is 1.25. The van der Waals surface area contributed by atoms with Gasteiger partial charge in [-0.25, -0.2) is 4.39 Å². The Morgan fingerprint density at radius 2 is 1.90 bits per heavy atom. The molecule has 1 heterocycles. The number of carbonyl (C=O) groups is 1. The van der Waals surface area contributed by atoms with E-state index >= 15 is 0 Å². The van der Waals surface area contributed by atoms with Crippen LogP contribution in [0, 0.1) is 5.82 Å². The van der Waals surface area contributed by atoms with Crippen LogP contribution in [0.15, 0.2) is 42.5 Å². The lowest BCUT2D eigenvalue weighted by molar-refractivity contribution is -0.119. The number of fused-ring (bicyclic) bond motifs is 1. The molecule has 0 saturated heterocycles. The van der Waals surface area contributed by atoms with Crippen LogP contribution in [0.1, 0.15) is 23.1 Å². The molecule has 2 aromatic rings. The number of nitrogens with two attached hydrogens (primary N) is 1. The van der Waals surface area contributed by atoms with E-state index in [1.54, 1.807) is 11.0 Å². The Kier molecular flexibility index (Phi) is 3.71. The molecule has 0 aromatic heterocycles. The van der Waals surface area contributed by atoms with Crippen LogP contribution in [0.4, 0.5) is 10.1 Å². The summed E-state index contributed by atoms with van der Waals surface area (Å²) < 4.78 is 13.5. The van der Waals surface area contributed by atoms with Gasteiger partial charge >= 0.3 is 0 Å². The first-order chi connectivity index (χ1) is 10.2. The summed E-state index contributed by atoms with van der Waals surface area (Å²) in [6, 6.07) is 12.4. The van der Waals surface area contributed by atoms with Crippen molar-refractivity contribution in [1.29, 1.82) is 0 Å². The smallest absolute Gasteiger partial charge is 0.227 e. The molecule has 0 bridgehead atoms. The van der Waals surface area contributed by atoms with Gasteiger partial charge in [0.15, 0.2) is 0 Å². The van der Waals surface area contributed by atoms with Gasteiger partial charge in [0.25, 0.3) is 0 Å². The Labute approximate surface area is 123 Å². The Morgan fingerprint density at radius 3 is 2.71 bits per heavy atom. The predicted octanol–water partition coefficient (Wildman–Crippen LogP) is 2.76. The van der Waals surface area contributed by atoms with Gasteiger partial charge in [-0.2, -0.15) is 0 Å². The summed E-state index contributed by atoms with van der Waals surface area (Å²) in [6.45, 7) is 0.694. The molecule has 1 amide bonds. The summed E-state index contributed by atoms with van der Waals surface area (Å²) in [7, 11) is 0. The van der Waals surface area contributed by atoms with E-state index in [4.69, 9.17) is 5.73 Å². The zero-order valence-electron chi connectivity index (χ0n) is 11.7. The Hall–Kier alpha value is -2.20. The number of hydrogen-bond donors (Lipinski definition) is 1. The van der Waals surface area contributed by atoms with E-state index in [0.29, 0.717) is 19.5 Å². The highest BCUT2D eigenvalue weighted by atomic mass is 19.1. The van der Waals surface area contributed by atoms with Gasteiger partial charge in [-0.05, 0) is 41.3 Å². The number of anilines is 1. The molecule has 1 aliphatic heterocycles. The number of carbonyl (C=O) groups excluding carboxylic acids is 1. The van der Waals surface area contributed by atoms with Crippen LogP contribution >= 0.6 is 0 Å². The second-order valence-corrected chi connectivity index (χ2v) is 5.23. The first-order valence-corrected chi connectivity index (χ1v) is 7.04. The van der Waals surface area contributed by atoms with Crippen LogP contribution in [-0.4, -0.2) is 5.91 Å². The van der Waals surface area contributed by atoms with Crippen LogP contribution in [-0.2, 0) is 24.3 Å². The second kappa shape index (κ2) is 5.66. The highest BCUT2D eigenvalue weighted by Gasteiger charge is 2.24. The molecule has 21 heavy (non-hydrogen) atoms. The normalized spacial score (nSPS) is 14.2. The van der Waals surface area contributed by atoms with Crippen LogP contribution in [0.3, 0.4) is 0 Å². The van der Waals surface area contributed by atoms with Gasteiger partial charge in [0.2, 0.25) is 5.91 Å². The van der Waals surface area contributed by atoms with E-state index < -0.39 is 0 Å². The van der Waals surface area contributed by atoms with Crippen LogP contribution in [0.5, 0.6) is 0 Å². The zero-order chi connectivity index (χ0) is 14.8. The number of rotatable bonds is 3. The summed E-state index contributed by atoms with van der Waals surface area (Å²) in [4.78, 5) is 14.0. The average Bonchev–Trinajstić information content (AvgIpc) is 2.50. The fourth-order valence-electron chi connectivity index (χ4n) is 2.78. The molecule has 2 aromatic carbocycles. The number of para-hydroxylation sites is 1. The predicted molar refractivity (Wildman–Crippen MR) is 80.2 cm³/mol. The quantitative estimate of drug-likeness (QED) is 0.942. The van der Waals surface area contributed by atoms with Crippen molar-refractivity contribution in [2.24, 2.45) is 5.73 Å². The monoisotopic (exact) mass is 284 g/mol. The van der Waals surface area contributed by atoms with Crippen LogP contribution < -0.4 is 10.6 Å². The SMILES string of the molecule is NCc1ccc(F)cc1CN1C(=O)CCc2ccccc21. The third-order valence-corrected chi connectivity index (χ3v) is 3.91. The minimum atomic E-state index is -0.306. The van der Waals surface area contributed by atoms with Crippen molar-refractivity contribution < 1.29 is 9.18 Å². The molecular formula is C17H17FN2O. The molecule has 1 aliphatic rings. The molecule has 0 fully saturated rings. The Balaban J connectivity index is 1.98. The van der Waals surface area contributed by atoms with E-state index in [2.05, 4.69) is 0 Å². The van der Waals surface area contributed by atoms with E-state index in [1.165, 1.54) is 12.1 Å².